The molecule has 1 aromatic carbocycles. The lowest BCUT2D eigenvalue weighted by Crippen LogP contribution is -2.27. The summed E-state index contributed by atoms with van der Waals surface area (Å²) in [5.74, 6) is -0.359. The zero-order valence-corrected chi connectivity index (χ0v) is 14.7. The smallest absolute Gasteiger partial charge is 0.345 e. The van der Waals surface area contributed by atoms with E-state index in [1.807, 2.05) is 13.0 Å². The summed E-state index contributed by atoms with van der Waals surface area (Å²) in [7, 11) is 0. The highest BCUT2D eigenvalue weighted by Gasteiger charge is 2.30. The molecule has 1 atom stereocenters. The number of carbonyl (C=O) groups is 1. The van der Waals surface area contributed by atoms with Gasteiger partial charge in [0, 0.05) is 12.4 Å². The number of aromatic nitrogens is 3. The van der Waals surface area contributed by atoms with E-state index in [1.165, 1.54) is 23.0 Å². The van der Waals surface area contributed by atoms with Gasteiger partial charge in [-0.3, -0.25) is 9.78 Å². The van der Waals surface area contributed by atoms with Gasteiger partial charge >= 0.3 is 6.18 Å². The van der Waals surface area contributed by atoms with Crippen LogP contribution in [0.1, 0.15) is 40.1 Å². The Kier molecular flexibility index (Phi) is 4.98. The van der Waals surface area contributed by atoms with Crippen molar-refractivity contribution in [3.63, 3.8) is 0 Å². The standard InChI is InChI=1S/C19H17F3N4O/c1-12(14-5-4-8-23-10-14)25-18(27)17-11-24-26(13(17)2)16-7-3-6-15(9-16)19(20,21)22/h3-12H,1-2H3,(H,25,27). The Morgan fingerprint density at radius 1 is 1.19 bits per heavy atom. The molecular formula is C19H17F3N4O. The van der Waals surface area contributed by atoms with Gasteiger partial charge in [-0.1, -0.05) is 12.1 Å². The lowest BCUT2D eigenvalue weighted by molar-refractivity contribution is -0.137. The molecule has 8 heteroatoms. The molecule has 0 radical (unpaired) electrons. The van der Waals surface area contributed by atoms with Crippen LogP contribution in [0.15, 0.2) is 55.0 Å². The third-order valence-electron chi connectivity index (χ3n) is 4.20. The molecule has 1 N–H and O–H groups in total. The summed E-state index contributed by atoms with van der Waals surface area (Å²) in [4.78, 5) is 16.6. The Labute approximate surface area is 153 Å². The summed E-state index contributed by atoms with van der Waals surface area (Å²) in [5.41, 5.74) is 1.05. The first-order chi connectivity index (χ1) is 12.8. The maximum atomic E-state index is 12.9. The molecule has 2 aromatic heterocycles. The number of carbonyl (C=O) groups excluding carboxylic acids is 1. The molecule has 3 aromatic rings. The second-order valence-electron chi connectivity index (χ2n) is 6.09. The number of nitrogens with zero attached hydrogens (tertiary/aromatic N) is 3. The second-order valence-corrected chi connectivity index (χ2v) is 6.09. The molecule has 0 saturated carbocycles. The van der Waals surface area contributed by atoms with Crippen molar-refractivity contribution in [2.24, 2.45) is 0 Å². The summed E-state index contributed by atoms with van der Waals surface area (Å²) in [6.07, 6.45) is 0.197. The van der Waals surface area contributed by atoms with Crippen LogP contribution in [0.2, 0.25) is 0 Å². The first-order valence-corrected chi connectivity index (χ1v) is 8.20. The molecule has 0 bridgehead atoms. The number of pyridine rings is 1. The molecule has 1 unspecified atom stereocenters. The molecule has 3 rings (SSSR count). The number of hydrogen-bond acceptors (Lipinski definition) is 3. The van der Waals surface area contributed by atoms with E-state index in [1.54, 1.807) is 25.4 Å². The van der Waals surface area contributed by atoms with E-state index >= 15 is 0 Å². The number of amides is 1. The minimum Gasteiger partial charge on any atom is -0.345 e. The molecule has 0 spiro atoms. The average molecular weight is 374 g/mol. The van der Waals surface area contributed by atoms with Crippen molar-refractivity contribution in [3.05, 3.63) is 77.4 Å². The maximum absolute atomic E-state index is 12.9. The Morgan fingerprint density at radius 3 is 2.63 bits per heavy atom. The summed E-state index contributed by atoms with van der Waals surface area (Å²) < 4.78 is 40.1. The first-order valence-electron chi connectivity index (χ1n) is 8.20. The number of hydrogen-bond donors (Lipinski definition) is 1. The zero-order valence-electron chi connectivity index (χ0n) is 14.7. The molecule has 0 aliphatic rings. The second kappa shape index (κ2) is 7.22. The fraction of sp³-hybridized carbons (Fsp3) is 0.211. The maximum Gasteiger partial charge on any atom is 0.416 e. The van der Waals surface area contributed by atoms with E-state index in [0.29, 0.717) is 11.3 Å². The average Bonchev–Trinajstić information content (AvgIpc) is 3.03. The number of nitrogens with one attached hydrogen (secondary N) is 1. The fourth-order valence-electron chi connectivity index (χ4n) is 2.70. The predicted octanol–water partition coefficient (Wildman–Crippen LogP) is 4.09. The SMILES string of the molecule is Cc1c(C(=O)NC(C)c2cccnc2)cnn1-c1cccc(C(F)(F)F)c1. The van der Waals surface area contributed by atoms with E-state index in [0.717, 1.165) is 17.7 Å². The van der Waals surface area contributed by atoms with Crippen LogP contribution in [-0.2, 0) is 6.18 Å². The molecule has 2 heterocycles. The molecule has 0 saturated heterocycles. The van der Waals surface area contributed by atoms with Crippen LogP contribution in [0.25, 0.3) is 5.69 Å². The van der Waals surface area contributed by atoms with Gasteiger partial charge in [-0.2, -0.15) is 18.3 Å². The van der Waals surface area contributed by atoms with Gasteiger partial charge in [0.2, 0.25) is 0 Å². The van der Waals surface area contributed by atoms with Gasteiger partial charge < -0.3 is 5.32 Å². The van der Waals surface area contributed by atoms with Gasteiger partial charge in [0.1, 0.15) is 0 Å². The van der Waals surface area contributed by atoms with Gasteiger partial charge in [-0.15, -0.1) is 0 Å². The third kappa shape index (κ3) is 3.99. The molecule has 0 aliphatic carbocycles. The van der Waals surface area contributed by atoms with E-state index in [-0.39, 0.29) is 17.6 Å². The van der Waals surface area contributed by atoms with E-state index in [9.17, 15) is 18.0 Å². The van der Waals surface area contributed by atoms with Gasteiger partial charge in [-0.25, -0.2) is 4.68 Å². The third-order valence-corrected chi connectivity index (χ3v) is 4.20. The van der Waals surface area contributed by atoms with Gasteiger partial charge in [0.25, 0.3) is 5.91 Å². The van der Waals surface area contributed by atoms with Crippen molar-refractivity contribution >= 4 is 5.91 Å². The molecule has 5 nitrogen and oxygen atoms in total. The topological polar surface area (TPSA) is 59.8 Å². The van der Waals surface area contributed by atoms with Crippen molar-refractivity contribution in [2.45, 2.75) is 26.1 Å². The summed E-state index contributed by atoms with van der Waals surface area (Å²) in [6, 6.07) is 8.15. The van der Waals surface area contributed by atoms with Gasteiger partial charge in [0.15, 0.2) is 0 Å². The van der Waals surface area contributed by atoms with Crippen LogP contribution in [0, 0.1) is 6.92 Å². The Hall–Kier alpha value is -3.16. The fourth-order valence-corrected chi connectivity index (χ4v) is 2.70. The van der Waals surface area contributed by atoms with Crippen molar-refractivity contribution in [1.82, 2.24) is 20.1 Å². The number of rotatable bonds is 4. The normalized spacial score (nSPS) is 12.6. The lowest BCUT2D eigenvalue weighted by atomic mass is 10.1. The van der Waals surface area contributed by atoms with E-state index < -0.39 is 11.7 Å². The molecule has 0 aliphatic heterocycles. The molecule has 0 fully saturated rings. The van der Waals surface area contributed by atoms with E-state index in [4.69, 9.17) is 0 Å². The number of halogens is 3. The predicted molar refractivity (Wildman–Crippen MR) is 93.4 cm³/mol. The van der Waals surface area contributed by atoms with Crippen molar-refractivity contribution in [2.75, 3.05) is 0 Å². The largest absolute Gasteiger partial charge is 0.416 e. The molecule has 27 heavy (non-hydrogen) atoms. The number of benzene rings is 1. The van der Waals surface area contributed by atoms with Crippen molar-refractivity contribution in [3.8, 4) is 5.69 Å². The number of alkyl halides is 3. The lowest BCUT2D eigenvalue weighted by Gasteiger charge is -2.14. The van der Waals surface area contributed by atoms with E-state index in [2.05, 4.69) is 15.4 Å². The molecule has 140 valence electrons. The van der Waals surface area contributed by atoms with Crippen molar-refractivity contribution in [1.29, 1.82) is 0 Å². The van der Waals surface area contributed by atoms with Crippen LogP contribution in [-0.4, -0.2) is 20.7 Å². The van der Waals surface area contributed by atoms with Crippen LogP contribution >= 0.6 is 0 Å². The summed E-state index contributed by atoms with van der Waals surface area (Å²) in [6.45, 7) is 3.46. The zero-order chi connectivity index (χ0) is 19.6. The van der Waals surface area contributed by atoms with Gasteiger partial charge in [-0.05, 0) is 43.7 Å². The minimum absolute atomic E-state index is 0.238. The van der Waals surface area contributed by atoms with Crippen LogP contribution in [0.3, 0.4) is 0 Å². The highest BCUT2D eigenvalue weighted by atomic mass is 19.4. The van der Waals surface area contributed by atoms with Crippen LogP contribution in [0.4, 0.5) is 13.2 Å². The molecule has 1 amide bonds. The Balaban J connectivity index is 1.84. The highest BCUT2D eigenvalue weighted by Crippen LogP contribution is 2.30. The minimum atomic E-state index is -4.45. The molecular weight excluding hydrogens is 357 g/mol. The quantitative estimate of drug-likeness (QED) is 0.748. The Bertz CT molecular complexity index is 951. The monoisotopic (exact) mass is 374 g/mol. The van der Waals surface area contributed by atoms with Crippen LogP contribution in [0.5, 0.6) is 0 Å². The van der Waals surface area contributed by atoms with Gasteiger partial charge in [0.05, 0.1) is 34.7 Å². The summed E-state index contributed by atoms with van der Waals surface area (Å²) in [5, 5.41) is 6.93. The highest BCUT2D eigenvalue weighted by molar-refractivity contribution is 5.95. The van der Waals surface area contributed by atoms with Crippen molar-refractivity contribution < 1.29 is 18.0 Å². The first kappa shape index (κ1) is 18.6. The van der Waals surface area contributed by atoms with Crippen LogP contribution < -0.4 is 5.32 Å². The summed E-state index contributed by atoms with van der Waals surface area (Å²) >= 11 is 0. The Morgan fingerprint density at radius 2 is 1.96 bits per heavy atom.